The summed E-state index contributed by atoms with van der Waals surface area (Å²) in [5.74, 6) is 0.489. The number of aryl methyl sites for hydroxylation is 4. The summed E-state index contributed by atoms with van der Waals surface area (Å²) in [6.07, 6.45) is 0. The van der Waals surface area contributed by atoms with Crippen molar-refractivity contribution in [2.24, 2.45) is 7.05 Å². The number of amides is 1. The Labute approximate surface area is 156 Å². The zero-order valence-corrected chi connectivity index (χ0v) is 16.2. The molecule has 0 aliphatic carbocycles. The van der Waals surface area contributed by atoms with Crippen LogP contribution in [0.4, 0.5) is 15.9 Å². The zero-order chi connectivity index (χ0) is 19.9. The number of rotatable bonds is 4. The number of benzene rings is 1. The fourth-order valence-electron chi connectivity index (χ4n) is 3.20. The SMILES string of the molecule is Cc1cc(F)ccc1NC(=O)c1c(-c2c(C)nn(C)c2N(C)C)noc1C. The van der Waals surface area contributed by atoms with Crippen LogP contribution in [0.5, 0.6) is 0 Å². The molecule has 1 aromatic carbocycles. The van der Waals surface area contributed by atoms with Gasteiger partial charge in [-0.15, -0.1) is 0 Å². The summed E-state index contributed by atoms with van der Waals surface area (Å²) in [6, 6.07) is 4.21. The fourth-order valence-corrected chi connectivity index (χ4v) is 3.20. The third-order valence-electron chi connectivity index (χ3n) is 4.38. The molecule has 27 heavy (non-hydrogen) atoms. The lowest BCUT2D eigenvalue weighted by atomic mass is 10.0. The van der Waals surface area contributed by atoms with Crippen LogP contribution in [0.2, 0.25) is 0 Å². The maximum absolute atomic E-state index is 13.3. The Morgan fingerprint density at radius 3 is 2.59 bits per heavy atom. The van der Waals surface area contributed by atoms with Gasteiger partial charge in [-0.3, -0.25) is 9.48 Å². The molecule has 8 heteroatoms. The Morgan fingerprint density at radius 2 is 1.96 bits per heavy atom. The van der Waals surface area contributed by atoms with E-state index in [1.54, 1.807) is 18.5 Å². The lowest BCUT2D eigenvalue weighted by molar-refractivity contribution is 0.102. The molecule has 0 radical (unpaired) electrons. The maximum Gasteiger partial charge on any atom is 0.261 e. The summed E-state index contributed by atoms with van der Waals surface area (Å²) in [4.78, 5) is 14.9. The summed E-state index contributed by atoms with van der Waals surface area (Å²) in [6.45, 7) is 5.28. The van der Waals surface area contributed by atoms with Crippen LogP contribution in [-0.4, -0.2) is 34.9 Å². The zero-order valence-electron chi connectivity index (χ0n) is 16.2. The minimum Gasteiger partial charge on any atom is -0.362 e. The average Bonchev–Trinajstić information content (AvgIpc) is 3.08. The Morgan fingerprint density at radius 1 is 1.26 bits per heavy atom. The van der Waals surface area contributed by atoms with Crippen LogP contribution in [0.25, 0.3) is 11.3 Å². The summed E-state index contributed by atoms with van der Waals surface area (Å²) in [5.41, 5.74) is 3.40. The molecule has 1 N–H and O–H groups in total. The minimum absolute atomic E-state index is 0.331. The van der Waals surface area contributed by atoms with Gasteiger partial charge >= 0.3 is 0 Å². The highest BCUT2D eigenvalue weighted by atomic mass is 19.1. The van der Waals surface area contributed by atoms with Gasteiger partial charge < -0.3 is 14.7 Å². The molecule has 0 unspecified atom stereocenters. The lowest BCUT2D eigenvalue weighted by Gasteiger charge is -2.15. The Balaban J connectivity index is 2.07. The number of halogens is 1. The van der Waals surface area contributed by atoms with E-state index in [-0.39, 0.29) is 11.7 Å². The molecular formula is C19H22FN5O2. The second-order valence-electron chi connectivity index (χ2n) is 6.68. The molecule has 0 fully saturated rings. The topological polar surface area (TPSA) is 76.2 Å². The van der Waals surface area contributed by atoms with E-state index in [1.165, 1.54) is 18.2 Å². The molecule has 1 amide bonds. The molecule has 2 heterocycles. The first kappa shape index (κ1) is 18.6. The van der Waals surface area contributed by atoms with Crippen LogP contribution in [0.15, 0.2) is 22.7 Å². The monoisotopic (exact) mass is 371 g/mol. The summed E-state index contributed by atoms with van der Waals surface area (Å²) in [5, 5.41) is 11.4. The highest BCUT2D eigenvalue weighted by molar-refractivity contribution is 6.09. The predicted octanol–water partition coefficient (Wildman–Crippen LogP) is 3.46. The van der Waals surface area contributed by atoms with E-state index in [2.05, 4.69) is 15.6 Å². The van der Waals surface area contributed by atoms with Crippen LogP contribution in [0, 0.1) is 26.6 Å². The number of anilines is 2. The molecule has 3 rings (SSSR count). The number of carbonyl (C=O) groups excluding carboxylic acids is 1. The average molecular weight is 371 g/mol. The highest BCUT2D eigenvalue weighted by Gasteiger charge is 2.28. The number of nitrogens with one attached hydrogen (secondary N) is 1. The van der Waals surface area contributed by atoms with Crippen LogP contribution < -0.4 is 10.2 Å². The van der Waals surface area contributed by atoms with Gasteiger partial charge in [-0.05, 0) is 44.5 Å². The number of carbonyl (C=O) groups is 1. The molecule has 142 valence electrons. The quantitative estimate of drug-likeness (QED) is 0.760. The van der Waals surface area contributed by atoms with Gasteiger partial charge in [0, 0.05) is 26.8 Å². The van der Waals surface area contributed by atoms with E-state index in [0.29, 0.717) is 28.3 Å². The van der Waals surface area contributed by atoms with Crippen molar-refractivity contribution in [1.82, 2.24) is 14.9 Å². The van der Waals surface area contributed by atoms with Crippen molar-refractivity contribution in [3.05, 3.63) is 46.6 Å². The summed E-state index contributed by atoms with van der Waals surface area (Å²) in [7, 11) is 5.63. The minimum atomic E-state index is -0.369. The standard InChI is InChI=1S/C19H22FN5O2/c1-10-9-13(20)7-8-14(10)21-18(26)16-12(3)27-23-17(16)15-11(2)22-25(6)19(15)24(4)5/h7-9H,1-6H3,(H,21,26). The molecule has 0 saturated carbocycles. The van der Waals surface area contributed by atoms with Crippen molar-refractivity contribution >= 4 is 17.4 Å². The fraction of sp³-hybridized carbons (Fsp3) is 0.316. The van der Waals surface area contributed by atoms with Gasteiger partial charge in [0.15, 0.2) is 0 Å². The van der Waals surface area contributed by atoms with E-state index in [1.807, 2.05) is 33.0 Å². The first-order valence-corrected chi connectivity index (χ1v) is 8.45. The highest BCUT2D eigenvalue weighted by Crippen LogP contribution is 2.35. The molecule has 0 saturated heterocycles. The van der Waals surface area contributed by atoms with Gasteiger partial charge in [-0.1, -0.05) is 5.16 Å². The number of nitrogens with zero attached hydrogens (tertiary/aromatic N) is 4. The van der Waals surface area contributed by atoms with E-state index < -0.39 is 0 Å². The lowest BCUT2D eigenvalue weighted by Crippen LogP contribution is -2.16. The summed E-state index contributed by atoms with van der Waals surface area (Å²) >= 11 is 0. The third kappa shape index (κ3) is 3.30. The van der Waals surface area contributed by atoms with Crippen molar-refractivity contribution in [3.8, 4) is 11.3 Å². The predicted molar refractivity (Wildman–Crippen MR) is 102 cm³/mol. The van der Waals surface area contributed by atoms with Gasteiger partial charge in [-0.2, -0.15) is 5.10 Å². The van der Waals surface area contributed by atoms with Crippen molar-refractivity contribution in [2.45, 2.75) is 20.8 Å². The second-order valence-corrected chi connectivity index (χ2v) is 6.68. The third-order valence-corrected chi connectivity index (χ3v) is 4.38. The van der Waals surface area contributed by atoms with Crippen LogP contribution in [0.3, 0.4) is 0 Å². The Kier molecular flexibility index (Phi) is 4.73. The van der Waals surface area contributed by atoms with E-state index in [4.69, 9.17) is 4.52 Å². The van der Waals surface area contributed by atoms with Crippen LogP contribution >= 0.6 is 0 Å². The molecule has 0 atom stereocenters. The van der Waals surface area contributed by atoms with Crippen molar-refractivity contribution < 1.29 is 13.7 Å². The first-order chi connectivity index (χ1) is 12.7. The van der Waals surface area contributed by atoms with Crippen LogP contribution in [0.1, 0.15) is 27.4 Å². The molecule has 2 aromatic heterocycles. The molecule has 0 bridgehead atoms. The van der Waals surface area contributed by atoms with Crippen LogP contribution in [-0.2, 0) is 7.05 Å². The van der Waals surface area contributed by atoms with E-state index in [9.17, 15) is 9.18 Å². The molecular weight excluding hydrogens is 349 g/mol. The van der Waals surface area contributed by atoms with Gasteiger partial charge in [-0.25, -0.2) is 4.39 Å². The smallest absolute Gasteiger partial charge is 0.261 e. The number of hydrogen-bond acceptors (Lipinski definition) is 5. The number of hydrogen-bond donors (Lipinski definition) is 1. The van der Waals surface area contributed by atoms with Gasteiger partial charge in [0.2, 0.25) is 0 Å². The van der Waals surface area contributed by atoms with Crippen molar-refractivity contribution in [2.75, 3.05) is 24.3 Å². The largest absolute Gasteiger partial charge is 0.362 e. The summed E-state index contributed by atoms with van der Waals surface area (Å²) < 4.78 is 20.4. The molecule has 0 aliphatic heterocycles. The second kappa shape index (κ2) is 6.86. The van der Waals surface area contributed by atoms with E-state index >= 15 is 0 Å². The Hall–Kier alpha value is -3.16. The van der Waals surface area contributed by atoms with Crippen molar-refractivity contribution in [3.63, 3.8) is 0 Å². The normalized spacial score (nSPS) is 10.9. The van der Waals surface area contributed by atoms with E-state index in [0.717, 1.165) is 17.1 Å². The maximum atomic E-state index is 13.3. The van der Waals surface area contributed by atoms with Crippen molar-refractivity contribution in [1.29, 1.82) is 0 Å². The molecule has 0 spiro atoms. The molecule has 7 nitrogen and oxygen atoms in total. The number of aromatic nitrogens is 3. The van der Waals surface area contributed by atoms with Gasteiger partial charge in [0.1, 0.15) is 28.7 Å². The van der Waals surface area contributed by atoms with Gasteiger partial charge in [0.25, 0.3) is 5.91 Å². The Bertz CT molecular complexity index is 1020. The first-order valence-electron chi connectivity index (χ1n) is 8.45. The molecule has 3 aromatic rings. The van der Waals surface area contributed by atoms with Gasteiger partial charge in [0.05, 0.1) is 11.3 Å². The molecule has 0 aliphatic rings.